The Morgan fingerprint density at radius 3 is 2.56 bits per heavy atom. The summed E-state index contributed by atoms with van der Waals surface area (Å²) in [7, 11) is 0. The number of aliphatic hydroxyl groups is 1. The van der Waals surface area contributed by atoms with Crippen LogP contribution in [0.15, 0.2) is 66.7 Å². The van der Waals surface area contributed by atoms with Crippen LogP contribution in [0.1, 0.15) is 60.8 Å². The molecule has 6 atom stereocenters. The van der Waals surface area contributed by atoms with E-state index in [1.165, 1.54) is 30.5 Å². The Hall–Kier alpha value is -3.42. The van der Waals surface area contributed by atoms with E-state index in [9.17, 15) is 14.3 Å². The molecule has 2 bridgehead atoms. The Kier molecular flexibility index (Phi) is 6.37. The number of likely N-dealkylation sites (tertiary alicyclic amines) is 2. The highest BCUT2D eigenvalue weighted by atomic mass is 19.1. The molecular formula is C38H41FN2O4. The molecule has 6 aliphatic rings. The fraction of sp³-hybridized carbons (Fsp3) is 0.500. The monoisotopic (exact) mass is 608 g/mol. The number of carbonyl (C=O) groups is 1. The lowest BCUT2D eigenvalue weighted by Gasteiger charge is -2.64. The molecule has 4 fully saturated rings. The first-order valence-electron chi connectivity index (χ1n) is 17.0. The van der Waals surface area contributed by atoms with Gasteiger partial charge in [-0.15, -0.1) is 0 Å². The third-order valence-corrected chi connectivity index (χ3v) is 12.1. The van der Waals surface area contributed by atoms with Gasteiger partial charge in [0.1, 0.15) is 18.5 Å². The third-order valence-electron chi connectivity index (χ3n) is 12.1. The van der Waals surface area contributed by atoms with E-state index in [1.54, 1.807) is 12.1 Å². The second kappa shape index (κ2) is 10.3. The lowest BCUT2D eigenvalue weighted by atomic mass is 9.48. The number of hydrogen-bond donors (Lipinski definition) is 1. The van der Waals surface area contributed by atoms with E-state index in [4.69, 9.17) is 9.47 Å². The minimum atomic E-state index is -0.923. The summed E-state index contributed by atoms with van der Waals surface area (Å²) < 4.78 is 27.1. The van der Waals surface area contributed by atoms with Crippen molar-refractivity contribution in [3.8, 4) is 11.5 Å². The number of carbonyl (C=O) groups excluding carboxylic acids is 1. The van der Waals surface area contributed by atoms with Crippen molar-refractivity contribution in [2.24, 2.45) is 11.8 Å². The van der Waals surface area contributed by atoms with Crippen molar-refractivity contribution in [2.45, 2.75) is 87.2 Å². The van der Waals surface area contributed by atoms with Crippen LogP contribution in [-0.2, 0) is 29.7 Å². The molecule has 7 heteroatoms. The molecular weight excluding hydrogens is 567 g/mol. The lowest BCUT2D eigenvalue weighted by molar-refractivity contribution is -0.200. The zero-order valence-electron chi connectivity index (χ0n) is 25.7. The fourth-order valence-electron chi connectivity index (χ4n) is 9.80. The van der Waals surface area contributed by atoms with Crippen molar-refractivity contribution in [1.29, 1.82) is 0 Å². The van der Waals surface area contributed by atoms with Crippen molar-refractivity contribution in [1.82, 2.24) is 9.80 Å². The minimum Gasteiger partial charge on any atom is -0.485 e. The molecule has 45 heavy (non-hydrogen) atoms. The summed E-state index contributed by atoms with van der Waals surface area (Å²) in [6.07, 6.45) is 6.65. The van der Waals surface area contributed by atoms with Crippen molar-refractivity contribution < 1.29 is 23.8 Å². The van der Waals surface area contributed by atoms with Gasteiger partial charge >= 0.3 is 0 Å². The maximum Gasteiger partial charge on any atom is 0.226 e. The SMILES string of the molecule is O=C1C(Cc2ccc(F)cc2)CCN1[C@H]1CCC2(O)[C@H]3Cc4ccc(OCc5ccccc5)c5c4[C@@]2(CCN3CC2CC2)[C@H]1O5. The van der Waals surface area contributed by atoms with E-state index in [-0.39, 0.29) is 35.8 Å². The van der Waals surface area contributed by atoms with E-state index >= 15 is 0 Å². The van der Waals surface area contributed by atoms with Crippen molar-refractivity contribution in [2.75, 3.05) is 19.6 Å². The highest BCUT2D eigenvalue weighted by molar-refractivity contribution is 5.82. The summed E-state index contributed by atoms with van der Waals surface area (Å²) in [6, 6.07) is 20.9. The Morgan fingerprint density at radius 1 is 0.933 bits per heavy atom. The molecule has 1 spiro atoms. The van der Waals surface area contributed by atoms with Crippen LogP contribution in [0.4, 0.5) is 4.39 Å². The van der Waals surface area contributed by atoms with Gasteiger partial charge in [0.15, 0.2) is 11.5 Å². The summed E-state index contributed by atoms with van der Waals surface area (Å²) in [5.74, 6) is 2.03. The van der Waals surface area contributed by atoms with Crippen LogP contribution in [0, 0.1) is 17.7 Å². The molecule has 9 rings (SSSR count). The van der Waals surface area contributed by atoms with Gasteiger partial charge in [0.2, 0.25) is 5.91 Å². The van der Waals surface area contributed by atoms with Gasteiger partial charge in [-0.3, -0.25) is 9.69 Å². The van der Waals surface area contributed by atoms with Crippen molar-refractivity contribution in [3.63, 3.8) is 0 Å². The first-order chi connectivity index (χ1) is 21.9. The highest BCUT2D eigenvalue weighted by Gasteiger charge is 2.73. The lowest BCUT2D eigenvalue weighted by Crippen LogP contribution is -2.78. The summed E-state index contributed by atoms with van der Waals surface area (Å²) >= 11 is 0. The number of benzene rings is 3. The van der Waals surface area contributed by atoms with Gasteiger partial charge in [-0.1, -0.05) is 48.5 Å². The van der Waals surface area contributed by atoms with E-state index in [0.717, 1.165) is 72.9 Å². The molecule has 0 radical (unpaired) electrons. The second-order valence-corrected chi connectivity index (χ2v) is 14.5. The predicted octanol–water partition coefficient (Wildman–Crippen LogP) is 5.43. The number of hydrogen-bond acceptors (Lipinski definition) is 5. The molecule has 1 N–H and O–H groups in total. The Morgan fingerprint density at radius 2 is 1.76 bits per heavy atom. The molecule has 2 saturated heterocycles. The van der Waals surface area contributed by atoms with Crippen molar-refractivity contribution >= 4 is 5.91 Å². The van der Waals surface area contributed by atoms with Crippen LogP contribution < -0.4 is 9.47 Å². The zero-order valence-corrected chi connectivity index (χ0v) is 25.7. The fourth-order valence-corrected chi connectivity index (χ4v) is 9.80. The standard InChI is InChI=1S/C38H41FN2O4/c39-29-11-8-24(9-12-29)20-28-15-18-41(36(28)42)30-14-16-38(43)32-21-27-10-13-31(44-23-26-4-2-1-3-5-26)34-33(27)37(38,35(30)45-34)17-19-40(32)22-25-6-7-25/h1-5,8-13,25,28,30,32,35,43H,6-7,14-23H2/t28?,30-,32+,35-,37-,38?/m0/s1. The van der Waals surface area contributed by atoms with Crippen LogP contribution in [0.25, 0.3) is 0 Å². The summed E-state index contributed by atoms with van der Waals surface area (Å²) in [6.45, 7) is 3.12. The highest BCUT2D eigenvalue weighted by Crippen LogP contribution is 2.66. The Labute approximate surface area is 264 Å². The van der Waals surface area contributed by atoms with Gasteiger partial charge in [-0.05, 0) is 98.7 Å². The van der Waals surface area contributed by atoms with Crippen LogP contribution in [0.3, 0.4) is 0 Å². The number of piperidine rings is 1. The van der Waals surface area contributed by atoms with Crippen LogP contribution in [0.5, 0.6) is 11.5 Å². The summed E-state index contributed by atoms with van der Waals surface area (Å²) in [4.78, 5) is 18.7. The molecule has 3 aromatic carbocycles. The van der Waals surface area contributed by atoms with Gasteiger partial charge in [-0.25, -0.2) is 4.39 Å². The van der Waals surface area contributed by atoms with E-state index in [0.29, 0.717) is 26.0 Å². The van der Waals surface area contributed by atoms with Gasteiger partial charge < -0.3 is 19.5 Å². The van der Waals surface area contributed by atoms with Crippen LogP contribution in [-0.4, -0.2) is 64.2 Å². The topological polar surface area (TPSA) is 62.2 Å². The Balaban J connectivity index is 1.07. The smallest absolute Gasteiger partial charge is 0.226 e. The molecule has 2 unspecified atom stereocenters. The molecule has 3 heterocycles. The normalized spacial score (nSPS) is 33.2. The molecule has 1 amide bonds. The molecule has 3 aromatic rings. The molecule has 6 nitrogen and oxygen atoms in total. The number of ether oxygens (including phenoxy) is 2. The molecule has 3 aliphatic carbocycles. The van der Waals surface area contributed by atoms with Gasteiger partial charge in [-0.2, -0.15) is 0 Å². The maximum atomic E-state index is 14.1. The molecule has 0 aromatic heterocycles. The summed E-state index contributed by atoms with van der Waals surface area (Å²) in [5, 5.41) is 13.0. The Bertz CT molecular complexity index is 1630. The zero-order chi connectivity index (χ0) is 30.3. The first-order valence-corrected chi connectivity index (χ1v) is 17.0. The predicted molar refractivity (Wildman–Crippen MR) is 168 cm³/mol. The average molecular weight is 609 g/mol. The number of rotatable bonds is 8. The van der Waals surface area contributed by atoms with Crippen LogP contribution in [0.2, 0.25) is 0 Å². The van der Waals surface area contributed by atoms with E-state index in [2.05, 4.69) is 34.1 Å². The second-order valence-electron chi connectivity index (χ2n) is 14.5. The number of amides is 1. The van der Waals surface area contributed by atoms with Crippen molar-refractivity contribution in [3.05, 3.63) is 94.8 Å². The quantitative estimate of drug-likeness (QED) is 0.370. The third kappa shape index (κ3) is 4.22. The van der Waals surface area contributed by atoms with E-state index < -0.39 is 11.0 Å². The average Bonchev–Trinajstić information content (AvgIpc) is 3.70. The molecule has 234 valence electrons. The largest absolute Gasteiger partial charge is 0.485 e. The summed E-state index contributed by atoms with van der Waals surface area (Å²) in [5.41, 5.74) is 2.98. The maximum absolute atomic E-state index is 14.1. The van der Waals surface area contributed by atoms with E-state index in [1.807, 2.05) is 18.2 Å². The van der Waals surface area contributed by atoms with Crippen LogP contribution >= 0.6 is 0 Å². The number of halogens is 1. The minimum absolute atomic E-state index is 0.0499. The molecule has 3 aliphatic heterocycles. The molecule has 2 saturated carbocycles. The van der Waals surface area contributed by atoms with Gasteiger partial charge in [0, 0.05) is 30.6 Å². The van der Waals surface area contributed by atoms with Gasteiger partial charge in [0.25, 0.3) is 0 Å². The number of nitrogens with zero attached hydrogens (tertiary/aromatic N) is 2. The first kappa shape index (κ1) is 27.9. The van der Waals surface area contributed by atoms with Gasteiger partial charge in [0.05, 0.1) is 17.1 Å².